The van der Waals surface area contributed by atoms with Crippen LogP contribution in [0.15, 0.2) is 30.3 Å². The van der Waals surface area contributed by atoms with Gasteiger partial charge in [0.25, 0.3) is 0 Å². The molecule has 0 fully saturated rings. The lowest BCUT2D eigenvalue weighted by atomic mass is 10.1. The summed E-state index contributed by atoms with van der Waals surface area (Å²) in [5.74, 6) is 0. The molecule has 0 saturated heterocycles. The number of hydrogen-bond acceptors (Lipinski definition) is 2. The van der Waals surface area contributed by atoms with Gasteiger partial charge in [0.05, 0.1) is 10.4 Å². The van der Waals surface area contributed by atoms with Crippen molar-refractivity contribution in [3.63, 3.8) is 0 Å². The third kappa shape index (κ3) is 2.46. The Morgan fingerprint density at radius 3 is 2.22 bits per heavy atom. The Balaban J connectivity index is 2.37. The molecule has 0 bridgehead atoms. The van der Waals surface area contributed by atoms with Gasteiger partial charge in [-0.15, -0.1) is 11.3 Å². The summed E-state index contributed by atoms with van der Waals surface area (Å²) in [6.07, 6.45) is -3.56. The van der Waals surface area contributed by atoms with Crippen molar-refractivity contribution in [1.82, 2.24) is 0 Å². The topological polar surface area (TPSA) is 17.1 Å². The van der Waals surface area contributed by atoms with Crippen LogP contribution in [-0.4, -0.2) is 6.29 Å². The zero-order chi connectivity index (χ0) is 13.3. The maximum Gasteiger partial charge on any atom is 0.416 e. The quantitative estimate of drug-likeness (QED) is 0.731. The Bertz CT molecular complexity index is 567. The Hall–Kier alpha value is -1.62. The number of alkyl halides is 3. The highest BCUT2D eigenvalue weighted by Crippen LogP contribution is 2.34. The van der Waals surface area contributed by atoms with Crippen molar-refractivity contribution in [1.29, 1.82) is 0 Å². The highest BCUT2D eigenvalue weighted by Gasteiger charge is 2.30. The number of aldehydes is 1. The van der Waals surface area contributed by atoms with Crippen LogP contribution in [0.4, 0.5) is 13.2 Å². The van der Waals surface area contributed by atoms with E-state index in [1.54, 1.807) is 13.0 Å². The third-order valence-corrected chi connectivity index (χ3v) is 3.77. The second kappa shape index (κ2) is 4.57. The first-order chi connectivity index (χ1) is 8.41. The SMILES string of the molecule is Cc1cc(-c2ccc(C(F)(F)F)cc2)sc1C=O. The van der Waals surface area contributed by atoms with Gasteiger partial charge in [-0.2, -0.15) is 13.2 Å². The molecule has 0 aliphatic heterocycles. The van der Waals surface area contributed by atoms with E-state index in [-0.39, 0.29) is 0 Å². The standard InChI is InChI=1S/C13H9F3OS/c1-8-6-11(18-12(8)7-17)9-2-4-10(5-3-9)13(14,15)16/h2-7H,1H3. The maximum absolute atomic E-state index is 12.4. The summed E-state index contributed by atoms with van der Waals surface area (Å²) in [6.45, 7) is 1.80. The summed E-state index contributed by atoms with van der Waals surface area (Å²) < 4.78 is 37.2. The molecule has 0 N–H and O–H groups in total. The lowest BCUT2D eigenvalue weighted by Crippen LogP contribution is -2.03. The first-order valence-corrected chi connectivity index (χ1v) is 5.96. The van der Waals surface area contributed by atoms with Gasteiger partial charge in [0.15, 0.2) is 6.29 Å². The fourth-order valence-electron chi connectivity index (χ4n) is 1.58. The van der Waals surface area contributed by atoms with Crippen LogP contribution < -0.4 is 0 Å². The van der Waals surface area contributed by atoms with Gasteiger partial charge in [-0.25, -0.2) is 0 Å². The average molecular weight is 270 g/mol. The zero-order valence-corrected chi connectivity index (χ0v) is 10.2. The van der Waals surface area contributed by atoms with E-state index >= 15 is 0 Å². The summed E-state index contributed by atoms with van der Waals surface area (Å²) in [5.41, 5.74) is 0.851. The molecule has 18 heavy (non-hydrogen) atoms. The minimum Gasteiger partial charge on any atom is -0.297 e. The van der Waals surface area contributed by atoms with E-state index in [4.69, 9.17) is 0 Å². The van der Waals surface area contributed by atoms with E-state index in [0.29, 0.717) is 10.4 Å². The van der Waals surface area contributed by atoms with E-state index in [1.165, 1.54) is 23.5 Å². The molecule has 0 amide bonds. The van der Waals surface area contributed by atoms with Crippen molar-refractivity contribution in [2.24, 2.45) is 0 Å². The van der Waals surface area contributed by atoms with E-state index in [9.17, 15) is 18.0 Å². The molecular formula is C13H9F3OS. The van der Waals surface area contributed by atoms with Gasteiger partial charge in [-0.1, -0.05) is 12.1 Å². The smallest absolute Gasteiger partial charge is 0.297 e. The number of halogens is 3. The predicted octanol–water partition coefficient (Wildman–Crippen LogP) is 4.55. The fraction of sp³-hybridized carbons (Fsp3) is 0.154. The van der Waals surface area contributed by atoms with Gasteiger partial charge in [0.1, 0.15) is 0 Å². The lowest BCUT2D eigenvalue weighted by molar-refractivity contribution is -0.137. The molecule has 2 rings (SSSR count). The largest absolute Gasteiger partial charge is 0.416 e. The highest BCUT2D eigenvalue weighted by atomic mass is 32.1. The molecule has 0 aliphatic carbocycles. The zero-order valence-electron chi connectivity index (χ0n) is 9.41. The van der Waals surface area contributed by atoms with Gasteiger partial charge in [0, 0.05) is 4.88 Å². The number of hydrogen-bond donors (Lipinski definition) is 0. The number of aryl methyl sites for hydroxylation is 1. The van der Waals surface area contributed by atoms with Crippen LogP contribution in [0.25, 0.3) is 10.4 Å². The molecule has 0 aliphatic rings. The Kier molecular flexibility index (Phi) is 3.26. The fourth-order valence-corrected chi connectivity index (χ4v) is 2.57. The molecule has 0 saturated carbocycles. The van der Waals surface area contributed by atoms with E-state index in [1.807, 2.05) is 0 Å². The molecule has 0 radical (unpaired) electrons. The van der Waals surface area contributed by atoms with Crippen LogP contribution in [0, 0.1) is 6.92 Å². The van der Waals surface area contributed by atoms with Crippen molar-refractivity contribution in [3.05, 3.63) is 46.3 Å². The van der Waals surface area contributed by atoms with Gasteiger partial charge >= 0.3 is 6.18 Å². The molecule has 2 aromatic rings. The summed E-state index contributed by atoms with van der Waals surface area (Å²) >= 11 is 1.28. The first-order valence-electron chi connectivity index (χ1n) is 5.15. The molecule has 0 atom stereocenters. The minimum absolute atomic E-state index is 0.602. The minimum atomic E-state index is -4.32. The van der Waals surface area contributed by atoms with Crippen LogP contribution in [0.1, 0.15) is 20.8 Å². The molecule has 1 nitrogen and oxygen atoms in total. The molecule has 0 unspecified atom stereocenters. The predicted molar refractivity (Wildman–Crippen MR) is 64.9 cm³/mol. The molecule has 94 valence electrons. The van der Waals surface area contributed by atoms with Crippen molar-refractivity contribution in [2.45, 2.75) is 13.1 Å². The van der Waals surface area contributed by atoms with Gasteiger partial charge < -0.3 is 0 Å². The third-order valence-electron chi connectivity index (χ3n) is 2.56. The van der Waals surface area contributed by atoms with Crippen molar-refractivity contribution >= 4 is 17.6 Å². The molecule has 1 heterocycles. The van der Waals surface area contributed by atoms with Crippen LogP contribution in [0.5, 0.6) is 0 Å². The van der Waals surface area contributed by atoms with E-state index in [2.05, 4.69) is 0 Å². The number of rotatable bonds is 2. The van der Waals surface area contributed by atoms with Crippen molar-refractivity contribution in [2.75, 3.05) is 0 Å². The normalized spacial score (nSPS) is 11.6. The molecular weight excluding hydrogens is 261 g/mol. The number of benzene rings is 1. The summed E-state index contributed by atoms with van der Waals surface area (Å²) in [6, 6.07) is 6.73. The van der Waals surface area contributed by atoms with Crippen LogP contribution in [-0.2, 0) is 6.18 Å². The second-order valence-corrected chi connectivity index (χ2v) is 4.93. The summed E-state index contributed by atoms with van der Waals surface area (Å²) in [7, 11) is 0. The molecule has 0 spiro atoms. The lowest BCUT2D eigenvalue weighted by Gasteiger charge is -2.06. The van der Waals surface area contributed by atoms with Gasteiger partial charge in [-0.05, 0) is 36.2 Å². The Morgan fingerprint density at radius 2 is 1.78 bits per heavy atom. The van der Waals surface area contributed by atoms with Gasteiger partial charge in [-0.3, -0.25) is 4.79 Å². The molecule has 1 aromatic heterocycles. The summed E-state index contributed by atoms with van der Waals surface area (Å²) in [4.78, 5) is 12.1. The van der Waals surface area contributed by atoms with Crippen molar-refractivity contribution in [3.8, 4) is 10.4 Å². The first kappa shape index (κ1) is 12.8. The van der Waals surface area contributed by atoms with E-state index < -0.39 is 11.7 Å². The monoisotopic (exact) mass is 270 g/mol. The van der Waals surface area contributed by atoms with Crippen LogP contribution in [0.2, 0.25) is 0 Å². The van der Waals surface area contributed by atoms with E-state index in [0.717, 1.165) is 28.9 Å². The molecule has 1 aromatic carbocycles. The molecule has 5 heteroatoms. The number of carbonyl (C=O) groups excluding carboxylic acids is 1. The van der Waals surface area contributed by atoms with Gasteiger partial charge in [0.2, 0.25) is 0 Å². The number of carbonyl (C=O) groups is 1. The van der Waals surface area contributed by atoms with Crippen molar-refractivity contribution < 1.29 is 18.0 Å². The Morgan fingerprint density at radius 1 is 1.17 bits per heavy atom. The highest BCUT2D eigenvalue weighted by molar-refractivity contribution is 7.17. The summed E-state index contributed by atoms with van der Waals surface area (Å²) in [5, 5.41) is 0. The number of thiophene rings is 1. The average Bonchev–Trinajstić information content (AvgIpc) is 2.69. The maximum atomic E-state index is 12.4. The Labute approximate surface area is 106 Å². The van der Waals surface area contributed by atoms with Crippen LogP contribution in [0.3, 0.4) is 0 Å². The second-order valence-electron chi connectivity index (χ2n) is 3.85. The van der Waals surface area contributed by atoms with Crippen LogP contribution >= 0.6 is 11.3 Å².